The fourth-order valence-corrected chi connectivity index (χ4v) is 1.90. The minimum absolute atomic E-state index is 0.218. The maximum Gasteiger partial charge on any atom is 0.407 e. The number of carbonyl (C=O) groups excluding carboxylic acids is 1. The van der Waals surface area contributed by atoms with E-state index in [9.17, 15) is 15.0 Å². The van der Waals surface area contributed by atoms with E-state index >= 15 is 0 Å². The van der Waals surface area contributed by atoms with Crippen molar-refractivity contribution >= 4 is 6.09 Å². The van der Waals surface area contributed by atoms with Gasteiger partial charge in [-0.05, 0) is 33.6 Å². The van der Waals surface area contributed by atoms with Crippen molar-refractivity contribution < 1.29 is 19.7 Å². The van der Waals surface area contributed by atoms with Gasteiger partial charge in [-0.2, -0.15) is 5.10 Å². The van der Waals surface area contributed by atoms with Gasteiger partial charge in [0.25, 0.3) is 0 Å². The lowest BCUT2D eigenvalue weighted by Crippen LogP contribution is -2.34. The van der Waals surface area contributed by atoms with Gasteiger partial charge >= 0.3 is 6.09 Å². The Kier molecular flexibility index (Phi) is 6.83. The Morgan fingerprint density at radius 2 is 2.14 bits per heavy atom. The van der Waals surface area contributed by atoms with Gasteiger partial charge in [-0.15, -0.1) is 0 Å². The second-order valence-electron chi connectivity index (χ2n) is 6.27. The molecule has 1 amide bonds. The van der Waals surface area contributed by atoms with Crippen LogP contribution < -0.4 is 5.32 Å². The van der Waals surface area contributed by atoms with Crippen molar-refractivity contribution in [1.82, 2.24) is 15.1 Å². The fraction of sp³-hybridized carbons (Fsp3) is 0.733. The highest BCUT2D eigenvalue weighted by Gasteiger charge is 2.21. The molecule has 0 aromatic carbocycles. The zero-order valence-corrected chi connectivity index (χ0v) is 13.7. The summed E-state index contributed by atoms with van der Waals surface area (Å²) in [6.45, 7) is 8.35. The molecule has 1 aromatic rings. The number of ether oxygens (including phenoxy) is 1. The summed E-state index contributed by atoms with van der Waals surface area (Å²) in [7, 11) is 0. The van der Waals surface area contributed by atoms with Crippen molar-refractivity contribution in [3.8, 4) is 0 Å². The van der Waals surface area contributed by atoms with Gasteiger partial charge in [0.2, 0.25) is 0 Å². The molecule has 0 saturated carbocycles. The molecule has 3 N–H and O–H groups in total. The molecule has 0 aliphatic carbocycles. The molecule has 0 spiro atoms. The van der Waals surface area contributed by atoms with Crippen LogP contribution in [0.2, 0.25) is 0 Å². The van der Waals surface area contributed by atoms with Crippen LogP contribution in [-0.4, -0.2) is 44.3 Å². The lowest BCUT2D eigenvalue weighted by Gasteiger charge is -2.20. The molecule has 0 saturated heterocycles. The second kappa shape index (κ2) is 8.14. The Morgan fingerprint density at radius 1 is 1.45 bits per heavy atom. The molecule has 126 valence electrons. The lowest BCUT2D eigenvalue weighted by molar-refractivity contribution is 0.0122. The number of aromatic nitrogens is 2. The van der Waals surface area contributed by atoms with Crippen LogP contribution in [0.3, 0.4) is 0 Å². The smallest absolute Gasteiger partial charge is 0.407 e. The molecule has 22 heavy (non-hydrogen) atoms. The summed E-state index contributed by atoms with van der Waals surface area (Å²) in [6.07, 6.45) is 1.90. The molecule has 2 atom stereocenters. The molecule has 1 rings (SSSR count). The van der Waals surface area contributed by atoms with E-state index in [-0.39, 0.29) is 13.0 Å². The van der Waals surface area contributed by atoms with Gasteiger partial charge in [0.1, 0.15) is 11.7 Å². The Balaban J connectivity index is 2.37. The molecule has 1 heterocycles. The predicted octanol–water partition coefficient (Wildman–Crippen LogP) is 1.60. The minimum Gasteiger partial charge on any atom is -0.444 e. The van der Waals surface area contributed by atoms with Gasteiger partial charge < -0.3 is 20.3 Å². The molecular formula is C15H27N3O4. The quantitative estimate of drug-likeness (QED) is 0.710. The van der Waals surface area contributed by atoms with Crippen LogP contribution in [0.5, 0.6) is 0 Å². The van der Waals surface area contributed by atoms with Crippen LogP contribution in [-0.2, 0) is 11.3 Å². The maximum absolute atomic E-state index is 11.5. The van der Waals surface area contributed by atoms with Gasteiger partial charge in [-0.1, -0.05) is 6.92 Å². The largest absolute Gasteiger partial charge is 0.444 e. The Morgan fingerprint density at radius 3 is 2.73 bits per heavy atom. The van der Waals surface area contributed by atoms with Crippen LogP contribution in [0.25, 0.3) is 0 Å². The van der Waals surface area contributed by atoms with Crippen molar-refractivity contribution in [3.63, 3.8) is 0 Å². The van der Waals surface area contributed by atoms with Crippen molar-refractivity contribution in [2.75, 3.05) is 6.54 Å². The first-order chi connectivity index (χ1) is 10.2. The van der Waals surface area contributed by atoms with Crippen molar-refractivity contribution in [3.05, 3.63) is 18.0 Å². The summed E-state index contributed by atoms with van der Waals surface area (Å²) in [4.78, 5) is 11.5. The predicted molar refractivity (Wildman–Crippen MR) is 82.3 cm³/mol. The van der Waals surface area contributed by atoms with E-state index in [1.165, 1.54) is 0 Å². The van der Waals surface area contributed by atoms with Gasteiger partial charge in [-0.3, -0.25) is 4.68 Å². The van der Waals surface area contributed by atoms with Gasteiger partial charge in [0.15, 0.2) is 0 Å². The van der Waals surface area contributed by atoms with E-state index in [1.807, 2.05) is 6.92 Å². The van der Waals surface area contributed by atoms with E-state index in [2.05, 4.69) is 10.4 Å². The number of rotatable bonds is 7. The van der Waals surface area contributed by atoms with Crippen LogP contribution in [0.1, 0.15) is 52.2 Å². The van der Waals surface area contributed by atoms with Gasteiger partial charge in [0.05, 0.1) is 12.3 Å². The topological polar surface area (TPSA) is 96.6 Å². The third-order valence-corrected chi connectivity index (χ3v) is 2.92. The number of nitrogens with one attached hydrogen (secondary N) is 1. The van der Waals surface area contributed by atoms with E-state index in [4.69, 9.17) is 4.74 Å². The number of carbonyl (C=O) groups is 1. The Labute approximate surface area is 131 Å². The zero-order valence-electron chi connectivity index (χ0n) is 13.7. The van der Waals surface area contributed by atoms with Crippen molar-refractivity contribution in [2.24, 2.45) is 0 Å². The molecule has 1 aromatic heterocycles. The molecular weight excluding hydrogens is 286 g/mol. The van der Waals surface area contributed by atoms with E-state index in [1.54, 1.807) is 37.8 Å². The Hall–Kier alpha value is -1.60. The fourth-order valence-electron chi connectivity index (χ4n) is 1.90. The third-order valence-electron chi connectivity index (χ3n) is 2.92. The highest BCUT2D eigenvalue weighted by molar-refractivity contribution is 5.67. The number of aliphatic hydroxyl groups is 2. The number of hydrogen-bond donors (Lipinski definition) is 3. The molecule has 2 unspecified atom stereocenters. The number of nitrogens with zero attached hydrogens (tertiary/aromatic N) is 2. The van der Waals surface area contributed by atoms with Crippen molar-refractivity contribution in [2.45, 2.75) is 64.9 Å². The van der Waals surface area contributed by atoms with Gasteiger partial charge in [0, 0.05) is 24.8 Å². The minimum atomic E-state index is -1.02. The number of aliphatic hydroxyl groups excluding tert-OH is 2. The normalized spacial score (nSPS) is 14.5. The Bertz CT molecular complexity index is 468. The van der Waals surface area contributed by atoms with Crippen LogP contribution in [0, 0.1) is 0 Å². The molecule has 0 radical (unpaired) electrons. The lowest BCUT2D eigenvalue weighted by atomic mass is 10.1. The number of aryl methyl sites for hydroxylation is 1. The van der Waals surface area contributed by atoms with E-state index in [0.29, 0.717) is 5.56 Å². The third kappa shape index (κ3) is 6.44. The molecule has 7 heteroatoms. The molecule has 7 nitrogen and oxygen atoms in total. The highest BCUT2D eigenvalue weighted by Crippen LogP contribution is 2.18. The summed E-state index contributed by atoms with van der Waals surface area (Å²) < 4.78 is 6.81. The zero-order chi connectivity index (χ0) is 16.8. The number of alkyl carbamates (subject to hydrolysis) is 1. The first kappa shape index (κ1) is 18.4. The summed E-state index contributed by atoms with van der Waals surface area (Å²) in [5.41, 5.74) is 0.00834. The summed E-state index contributed by atoms with van der Waals surface area (Å²) in [6, 6.07) is 0. The van der Waals surface area contributed by atoms with E-state index in [0.717, 1.165) is 13.0 Å². The summed E-state index contributed by atoms with van der Waals surface area (Å²) >= 11 is 0. The number of hydrogen-bond acceptors (Lipinski definition) is 5. The molecule has 0 fully saturated rings. The molecule has 0 aliphatic rings. The van der Waals surface area contributed by atoms with Crippen LogP contribution >= 0.6 is 0 Å². The number of amides is 1. The average molecular weight is 313 g/mol. The van der Waals surface area contributed by atoms with Crippen LogP contribution in [0.15, 0.2) is 12.4 Å². The van der Waals surface area contributed by atoms with Crippen LogP contribution in [0.4, 0.5) is 4.79 Å². The standard InChI is InChI=1S/C15H27N3O4/c1-5-8-18-10-11(9-17-18)13(20)12(19)6-7-16-14(21)22-15(2,3)4/h9-10,12-13,19-20H,5-8H2,1-4H3,(H,16,21). The first-order valence-electron chi connectivity index (χ1n) is 7.58. The average Bonchev–Trinajstić information content (AvgIpc) is 2.84. The van der Waals surface area contributed by atoms with Crippen molar-refractivity contribution in [1.29, 1.82) is 0 Å². The molecule has 0 aliphatic heterocycles. The first-order valence-corrected chi connectivity index (χ1v) is 7.58. The SMILES string of the molecule is CCCn1cc(C(O)C(O)CCNC(=O)OC(C)(C)C)cn1. The van der Waals surface area contributed by atoms with E-state index < -0.39 is 23.9 Å². The monoisotopic (exact) mass is 313 g/mol. The van der Waals surface area contributed by atoms with Gasteiger partial charge in [-0.25, -0.2) is 4.79 Å². The summed E-state index contributed by atoms with van der Waals surface area (Å²) in [5, 5.41) is 26.7. The highest BCUT2D eigenvalue weighted by atomic mass is 16.6. The second-order valence-corrected chi connectivity index (χ2v) is 6.27. The summed E-state index contributed by atoms with van der Waals surface area (Å²) in [5.74, 6) is 0. The molecule has 0 bridgehead atoms. The maximum atomic E-state index is 11.5.